The van der Waals surface area contributed by atoms with Crippen LogP contribution >= 0.6 is 11.6 Å². The van der Waals surface area contributed by atoms with Gasteiger partial charge in [-0.2, -0.15) is 0 Å². The van der Waals surface area contributed by atoms with Gasteiger partial charge in [0, 0.05) is 6.04 Å². The van der Waals surface area contributed by atoms with Crippen LogP contribution in [0.25, 0.3) is 11.0 Å². The van der Waals surface area contributed by atoms with E-state index in [0.29, 0.717) is 6.04 Å². The van der Waals surface area contributed by atoms with E-state index in [1.165, 1.54) is 43.2 Å². The van der Waals surface area contributed by atoms with Crippen molar-refractivity contribution in [1.29, 1.82) is 0 Å². The molecule has 1 heterocycles. The minimum Gasteiger partial charge on any atom is -0.324 e. The molecule has 0 spiro atoms. The maximum absolute atomic E-state index is 6.44. The topological polar surface area (TPSA) is 17.8 Å². The molecule has 0 bridgehead atoms. The molecule has 3 unspecified atom stereocenters. The van der Waals surface area contributed by atoms with E-state index in [0.717, 1.165) is 17.3 Å². The fraction of sp³-hybridized carbons (Fsp3) is 0.611. The van der Waals surface area contributed by atoms with Crippen LogP contribution in [0.1, 0.15) is 68.8 Å². The Morgan fingerprint density at radius 2 is 2.19 bits per heavy atom. The molecular weight excluding hydrogens is 280 g/mol. The molecule has 3 rings (SSSR count). The van der Waals surface area contributed by atoms with Crippen molar-refractivity contribution in [3.8, 4) is 0 Å². The molecule has 0 aliphatic heterocycles. The third-order valence-electron chi connectivity index (χ3n) is 5.00. The summed E-state index contributed by atoms with van der Waals surface area (Å²) in [4.78, 5) is 4.87. The van der Waals surface area contributed by atoms with Crippen LogP contribution in [0.5, 0.6) is 0 Å². The van der Waals surface area contributed by atoms with Crippen LogP contribution < -0.4 is 0 Å². The Labute approximate surface area is 132 Å². The van der Waals surface area contributed by atoms with Gasteiger partial charge in [-0.05, 0) is 44.2 Å². The Morgan fingerprint density at radius 3 is 2.90 bits per heavy atom. The average molecular weight is 305 g/mol. The SMILES string of the molecule is CCC1CCCC(n2c(C(C)Cl)nc3c(C)cccc32)C1. The summed E-state index contributed by atoms with van der Waals surface area (Å²) in [5, 5.41) is -0.0428. The van der Waals surface area contributed by atoms with E-state index in [1.54, 1.807) is 0 Å². The molecule has 2 nitrogen and oxygen atoms in total. The van der Waals surface area contributed by atoms with Crippen molar-refractivity contribution >= 4 is 22.6 Å². The lowest BCUT2D eigenvalue weighted by atomic mass is 9.84. The van der Waals surface area contributed by atoms with E-state index in [-0.39, 0.29) is 5.38 Å². The van der Waals surface area contributed by atoms with Gasteiger partial charge in [-0.1, -0.05) is 38.3 Å². The highest BCUT2D eigenvalue weighted by Crippen LogP contribution is 2.39. The van der Waals surface area contributed by atoms with Crippen molar-refractivity contribution in [3.05, 3.63) is 29.6 Å². The number of aromatic nitrogens is 2. The number of hydrogen-bond donors (Lipinski definition) is 0. The number of halogens is 1. The van der Waals surface area contributed by atoms with Crippen molar-refractivity contribution in [1.82, 2.24) is 9.55 Å². The summed E-state index contributed by atoms with van der Waals surface area (Å²) >= 11 is 6.44. The zero-order chi connectivity index (χ0) is 15.0. The van der Waals surface area contributed by atoms with Gasteiger partial charge in [0.25, 0.3) is 0 Å². The standard InChI is InChI=1S/C18H25ClN2/c1-4-14-8-6-9-15(11-14)21-16-10-5-7-12(2)17(16)20-18(21)13(3)19/h5,7,10,13-15H,4,6,8-9,11H2,1-3H3. The number of hydrogen-bond acceptors (Lipinski definition) is 1. The maximum atomic E-state index is 6.44. The van der Waals surface area contributed by atoms with Crippen LogP contribution in [0.15, 0.2) is 18.2 Å². The molecule has 0 saturated heterocycles. The molecule has 1 aromatic carbocycles. The van der Waals surface area contributed by atoms with Gasteiger partial charge in [0.15, 0.2) is 0 Å². The summed E-state index contributed by atoms with van der Waals surface area (Å²) in [6, 6.07) is 7.04. The number of nitrogens with zero attached hydrogens (tertiary/aromatic N) is 2. The van der Waals surface area contributed by atoms with Gasteiger partial charge in [0.05, 0.1) is 16.4 Å². The third-order valence-corrected chi connectivity index (χ3v) is 5.20. The van der Waals surface area contributed by atoms with Crippen LogP contribution in [-0.2, 0) is 0 Å². The highest BCUT2D eigenvalue weighted by Gasteiger charge is 2.27. The number of alkyl halides is 1. The monoisotopic (exact) mass is 304 g/mol. The van der Waals surface area contributed by atoms with Crippen molar-refractivity contribution < 1.29 is 0 Å². The first kappa shape index (κ1) is 14.9. The van der Waals surface area contributed by atoms with Crippen LogP contribution in [-0.4, -0.2) is 9.55 Å². The van der Waals surface area contributed by atoms with Crippen LogP contribution in [0, 0.1) is 12.8 Å². The summed E-state index contributed by atoms with van der Waals surface area (Å²) in [5.74, 6) is 1.90. The van der Waals surface area contributed by atoms with Crippen molar-refractivity contribution in [3.63, 3.8) is 0 Å². The first-order valence-electron chi connectivity index (χ1n) is 8.23. The summed E-state index contributed by atoms with van der Waals surface area (Å²) in [6.07, 6.45) is 6.52. The van der Waals surface area contributed by atoms with Gasteiger partial charge in [-0.3, -0.25) is 0 Å². The number of benzene rings is 1. The molecule has 114 valence electrons. The lowest BCUT2D eigenvalue weighted by Gasteiger charge is -2.31. The first-order chi connectivity index (χ1) is 10.1. The molecule has 3 atom stereocenters. The Kier molecular flexibility index (Phi) is 4.26. The molecule has 1 fully saturated rings. The summed E-state index contributed by atoms with van der Waals surface area (Å²) < 4.78 is 2.45. The van der Waals surface area contributed by atoms with E-state index in [2.05, 4.69) is 36.6 Å². The van der Waals surface area contributed by atoms with E-state index < -0.39 is 0 Å². The number of fused-ring (bicyclic) bond motifs is 1. The van der Waals surface area contributed by atoms with Crippen LogP contribution in [0.3, 0.4) is 0 Å². The van der Waals surface area contributed by atoms with Gasteiger partial charge >= 0.3 is 0 Å². The predicted molar refractivity (Wildman–Crippen MR) is 90.0 cm³/mol. The van der Waals surface area contributed by atoms with E-state index in [9.17, 15) is 0 Å². The normalized spacial score (nSPS) is 24.4. The maximum Gasteiger partial charge on any atom is 0.127 e. The second kappa shape index (κ2) is 6.00. The molecule has 0 N–H and O–H groups in total. The van der Waals surface area contributed by atoms with Crippen LogP contribution in [0.4, 0.5) is 0 Å². The van der Waals surface area contributed by atoms with E-state index in [4.69, 9.17) is 16.6 Å². The largest absolute Gasteiger partial charge is 0.324 e. The molecule has 2 aromatic rings. The smallest absolute Gasteiger partial charge is 0.127 e. The third kappa shape index (κ3) is 2.70. The van der Waals surface area contributed by atoms with Gasteiger partial charge < -0.3 is 4.57 Å². The Balaban J connectivity index is 2.11. The Hall–Kier alpha value is -1.02. The molecule has 0 amide bonds. The minimum atomic E-state index is -0.0428. The van der Waals surface area contributed by atoms with Crippen molar-refractivity contribution in [2.45, 2.75) is 64.3 Å². The quantitative estimate of drug-likeness (QED) is 0.657. The van der Waals surface area contributed by atoms with Crippen molar-refractivity contribution in [2.24, 2.45) is 5.92 Å². The van der Waals surface area contributed by atoms with E-state index >= 15 is 0 Å². The highest BCUT2D eigenvalue weighted by atomic mass is 35.5. The summed E-state index contributed by atoms with van der Waals surface area (Å²) in [7, 11) is 0. The number of rotatable bonds is 3. The molecule has 1 aromatic heterocycles. The van der Waals surface area contributed by atoms with Gasteiger partial charge in [0.2, 0.25) is 0 Å². The zero-order valence-electron chi connectivity index (χ0n) is 13.3. The molecular formula is C18H25ClN2. The van der Waals surface area contributed by atoms with E-state index in [1.807, 2.05) is 6.92 Å². The summed E-state index contributed by atoms with van der Waals surface area (Å²) in [5.41, 5.74) is 3.63. The van der Waals surface area contributed by atoms with Gasteiger partial charge in [-0.25, -0.2) is 4.98 Å². The lowest BCUT2D eigenvalue weighted by Crippen LogP contribution is -2.20. The summed E-state index contributed by atoms with van der Waals surface area (Å²) in [6.45, 7) is 6.49. The Morgan fingerprint density at radius 1 is 1.38 bits per heavy atom. The molecule has 0 radical (unpaired) electrons. The predicted octanol–water partition coefficient (Wildman–Crippen LogP) is 5.79. The minimum absolute atomic E-state index is 0.0428. The average Bonchev–Trinajstić information content (AvgIpc) is 2.88. The van der Waals surface area contributed by atoms with Gasteiger partial charge in [0.1, 0.15) is 5.82 Å². The number of para-hydroxylation sites is 1. The second-order valence-electron chi connectivity index (χ2n) is 6.49. The zero-order valence-corrected chi connectivity index (χ0v) is 14.0. The second-order valence-corrected chi connectivity index (χ2v) is 7.15. The molecule has 1 saturated carbocycles. The fourth-order valence-electron chi connectivity index (χ4n) is 3.81. The molecule has 1 aliphatic rings. The molecule has 3 heteroatoms. The highest BCUT2D eigenvalue weighted by molar-refractivity contribution is 6.20. The number of imidazole rings is 1. The lowest BCUT2D eigenvalue weighted by molar-refractivity contribution is 0.261. The molecule has 21 heavy (non-hydrogen) atoms. The van der Waals surface area contributed by atoms with Gasteiger partial charge in [-0.15, -0.1) is 11.6 Å². The number of aryl methyl sites for hydroxylation is 1. The fourth-order valence-corrected chi connectivity index (χ4v) is 3.96. The van der Waals surface area contributed by atoms with Crippen molar-refractivity contribution in [2.75, 3.05) is 0 Å². The first-order valence-corrected chi connectivity index (χ1v) is 8.67. The Bertz CT molecular complexity index is 629. The van der Waals surface area contributed by atoms with Crippen LogP contribution in [0.2, 0.25) is 0 Å². The molecule has 1 aliphatic carbocycles.